The van der Waals surface area contributed by atoms with Gasteiger partial charge in [-0.3, -0.25) is 9.80 Å². The number of piperazine rings is 1. The molecule has 128 valence electrons. The zero-order valence-corrected chi connectivity index (χ0v) is 14.5. The summed E-state index contributed by atoms with van der Waals surface area (Å²) in [4.78, 5) is 13.3. The molecule has 24 heavy (non-hydrogen) atoms. The van der Waals surface area contributed by atoms with Crippen LogP contribution in [-0.2, 0) is 6.54 Å². The molecule has 0 saturated carbocycles. The zero-order chi connectivity index (χ0) is 16.5. The van der Waals surface area contributed by atoms with Gasteiger partial charge in [0.15, 0.2) is 10.2 Å². The Kier molecular flexibility index (Phi) is 4.58. The van der Waals surface area contributed by atoms with Gasteiger partial charge >= 0.3 is 0 Å². The third-order valence-electron chi connectivity index (χ3n) is 4.80. The van der Waals surface area contributed by atoms with E-state index in [2.05, 4.69) is 26.7 Å². The highest BCUT2D eigenvalue weighted by Gasteiger charge is 2.38. The van der Waals surface area contributed by atoms with Crippen LogP contribution in [0.3, 0.4) is 0 Å². The largest absolute Gasteiger partial charge is 0.453 e. The van der Waals surface area contributed by atoms with Crippen LogP contribution in [0.25, 0.3) is 0 Å². The Balaban J connectivity index is 1.39. The number of aliphatic hydroxyl groups is 1. The smallest absolute Gasteiger partial charge is 0.195 e. The number of nitrogens with zero attached hydrogens (tertiary/aromatic N) is 4. The number of rotatable bonds is 4. The van der Waals surface area contributed by atoms with Crippen molar-refractivity contribution in [1.82, 2.24) is 19.8 Å². The number of aromatic nitrogens is 2. The summed E-state index contributed by atoms with van der Waals surface area (Å²) in [5, 5.41) is 11.4. The Morgan fingerprint density at radius 3 is 2.92 bits per heavy atom. The van der Waals surface area contributed by atoms with Gasteiger partial charge < -0.3 is 9.52 Å². The van der Waals surface area contributed by atoms with E-state index in [1.165, 1.54) is 11.8 Å². The number of furan rings is 1. The van der Waals surface area contributed by atoms with Crippen LogP contribution < -0.4 is 0 Å². The van der Waals surface area contributed by atoms with Gasteiger partial charge in [0, 0.05) is 44.1 Å². The Morgan fingerprint density at radius 1 is 1.25 bits per heavy atom. The summed E-state index contributed by atoms with van der Waals surface area (Å²) in [6.07, 6.45) is 4.18. The fraction of sp³-hybridized carbons (Fsp3) is 0.529. The molecule has 3 atom stereocenters. The van der Waals surface area contributed by atoms with Gasteiger partial charge in [-0.25, -0.2) is 9.97 Å². The normalized spacial score (nSPS) is 28.2. The van der Waals surface area contributed by atoms with Gasteiger partial charge in [0.25, 0.3) is 0 Å². The average Bonchev–Trinajstić information content (AvgIpc) is 3.14. The Labute approximate surface area is 145 Å². The van der Waals surface area contributed by atoms with E-state index in [4.69, 9.17) is 4.42 Å². The van der Waals surface area contributed by atoms with E-state index in [9.17, 15) is 5.11 Å². The second-order valence-electron chi connectivity index (χ2n) is 6.63. The van der Waals surface area contributed by atoms with E-state index in [-0.39, 0.29) is 6.10 Å². The molecule has 0 radical (unpaired) electrons. The standard InChI is InChI=1S/C17H22N4O2S/c1-12-8-21-10-14(22)7-13(21)9-20(12)11-15-3-4-16(23-15)24-17-18-5-2-6-19-17/h2-6,12-14,22H,7-11H2,1H3/t12-,13+,14+/m0/s1. The molecule has 4 heterocycles. The predicted octanol–water partition coefficient (Wildman–Crippen LogP) is 1.86. The van der Waals surface area contributed by atoms with E-state index in [1.54, 1.807) is 18.5 Å². The summed E-state index contributed by atoms with van der Waals surface area (Å²) < 4.78 is 5.95. The van der Waals surface area contributed by atoms with Crippen molar-refractivity contribution in [2.75, 3.05) is 19.6 Å². The summed E-state index contributed by atoms with van der Waals surface area (Å²) in [6.45, 7) is 5.88. The second kappa shape index (κ2) is 6.84. The van der Waals surface area contributed by atoms with Crippen molar-refractivity contribution in [3.63, 3.8) is 0 Å². The highest BCUT2D eigenvalue weighted by atomic mass is 32.2. The third kappa shape index (κ3) is 3.49. The Bertz CT molecular complexity index is 680. The summed E-state index contributed by atoms with van der Waals surface area (Å²) >= 11 is 1.44. The zero-order valence-electron chi connectivity index (χ0n) is 13.7. The highest BCUT2D eigenvalue weighted by molar-refractivity contribution is 7.99. The van der Waals surface area contributed by atoms with Crippen molar-refractivity contribution in [2.45, 2.75) is 48.3 Å². The van der Waals surface area contributed by atoms with Crippen molar-refractivity contribution >= 4 is 11.8 Å². The minimum atomic E-state index is -0.167. The molecule has 0 aliphatic carbocycles. The number of hydrogen-bond donors (Lipinski definition) is 1. The number of fused-ring (bicyclic) bond motifs is 1. The molecular formula is C17H22N4O2S. The molecule has 0 unspecified atom stereocenters. The van der Waals surface area contributed by atoms with E-state index in [0.29, 0.717) is 17.2 Å². The van der Waals surface area contributed by atoms with Crippen LogP contribution in [0.1, 0.15) is 19.1 Å². The molecular weight excluding hydrogens is 324 g/mol. The molecule has 2 aliphatic rings. The first-order valence-corrected chi connectivity index (χ1v) is 9.19. The van der Waals surface area contributed by atoms with E-state index in [0.717, 1.165) is 43.5 Å². The quantitative estimate of drug-likeness (QED) is 0.848. The summed E-state index contributed by atoms with van der Waals surface area (Å²) in [5.41, 5.74) is 0. The van der Waals surface area contributed by atoms with Crippen molar-refractivity contribution in [1.29, 1.82) is 0 Å². The lowest BCUT2D eigenvalue weighted by molar-refractivity contribution is 0.0476. The summed E-state index contributed by atoms with van der Waals surface area (Å²) in [5.74, 6) is 0.965. The molecule has 0 bridgehead atoms. The summed E-state index contributed by atoms with van der Waals surface area (Å²) in [7, 11) is 0. The van der Waals surface area contributed by atoms with Gasteiger partial charge in [-0.2, -0.15) is 0 Å². The lowest BCUT2D eigenvalue weighted by Crippen LogP contribution is -2.54. The fourth-order valence-corrected chi connectivity index (χ4v) is 4.32. The molecule has 7 heteroatoms. The predicted molar refractivity (Wildman–Crippen MR) is 90.7 cm³/mol. The first kappa shape index (κ1) is 16.1. The minimum absolute atomic E-state index is 0.167. The number of aliphatic hydroxyl groups excluding tert-OH is 1. The fourth-order valence-electron chi connectivity index (χ4n) is 3.62. The van der Waals surface area contributed by atoms with Gasteiger partial charge in [-0.15, -0.1) is 0 Å². The van der Waals surface area contributed by atoms with Gasteiger partial charge in [0.1, 0.15) is 5.76 Å². The maximum atomic E-state index is 9.87. The number of hydrogen-bond acceptors (Lipinski definition) is 7. The van der Waals surface area contributed by atoms with Crippen molar-refractivity contribution in [3.05, 3.63) is 36.4 Å². The Morgan fingerprint density at radius 2 is 2.08 bits per heavy atom. The van der Waals surface area contributed by atoms with E-state index in [1.807, 2.05) is 12.1 Å². The van der Waals surface area contributed by atoms with Crippen molar-refractivity contribution in [3.8, 4) is 0 Å². The topological polar surface area (TPSA) is 65.6 Å². The first-order chi connectivity index (χ1) is 11.7. The molecule has 4 rings (SSSR count). The maximum absolute atomic E-state index is 9.87. The molecule has 0 spiro atoms. The van der Waals surface area contributed by atoms with Crippen LogP contribution in [0, 0.1) is 0 Å². The van der Waals surface area contributed by atoms with Crippen LogP contribution in [0.15, 0.2) is 45.3 Å². The summed E-state index contributed by atoms with van der Waals surface area (Å²) in [6, 6.07) is 6.76. The third-order valence-corrected chi connectivity index (χ3v) is 5.62. The molecule has 6 nitrogen and oxygen atoms in total. The van der Waals surface area contributed by atoms with Crippen LogP contribution in [0.2, 0.25) is 0 Å². The Hall–Kier alpha value is -1.41. The van der Waals surface area contributed by atoms with Crippen LogP contribution >= 0.6 is 11.8 Å². The highest BCUT2D eigenvalue weighted by Crippen LogP contribution is 2.29. The molecule has 0 aromatic carbocycles. The molecule has 0 amide bonds. The average molecular weight is 346 g/mol. The van der Waals surface area contributed by atoms with Gasteiger partial charge in [-0.1, -0.05) is 0 Å². The molecule has 2 aromatic rings. The van der Waals surface area contributed by atoms with Crippen LogP contribution in [0.4, 0.5) is 0 Å². The molecule has 2 aliphatic heterocycles. The maximum Gasteiger partial charge on any atom is 0.195 e. The monoisotopic (exact) mass is 346 g/mol. The molecule has 1 N–H and O–H groups in total. The SMILES string of the molecule is C[C@H]1CN2C[C@H](O)C[C@@H]2CN1Cc1ccc(Sc2ncccn2)o1. The lowest BCUT2D eigenvalue weighted by Gasteiger charge is -2.41. The van der Waals surface area contributed by atoms with Crippen molar-refractivity contribution in [2.24, 2.45) is 0 Å². The van der Waals surface area contributed by atoms with Crippen LogP contribution in [0.5, 0.6) is 0 Å². The first-order valence-electron chi connectivity index (χ1n) is 8.37. The molecule has 2 aromatic heterocycles. The van der Waals surface area contributed by atoms with Gasteiger partial charge in [-0.05, 0) is 43.3 Å². The lowest BCUT2D eigenvalue weighted by atomic mass is 10.1. The minimum Gasteiger partial charge on any atom is -0.453 e. The van der Waals surface area contributed by atoms with Crippen molar-refractivity contribution < 1.29 is 9.52 Å². The van der Waals surface area contributed by atoms with E-state index >= 15 is 0 Å². The van der Waals surface area contributed by atoms with Gasteiger partial charge in [0.2, 0.25) is 0 Å². The second-order valence-corrected chi connectivity index (χ2v) is 7.60. The van der Waals surface area contributed by atoms with E-state index < -0.39 is 0 Å². The van der Waals surface area contributed by atoms with Gasteiger partial charge in [0.05, 0.1) is 12.6 Å². The van der Waals surface area contributed by atoms with Crippen LogP contribution in [-0.4, -0.2) is 62.7 Å². The molecule has 2 saturated heterocycles. The molecule has 2 fully saturated rings.